The summed E-state index contributed by atoms with van der Waals surface area (Å²) in [5.74, 6) is 1.23. The topological polar surface area (TPSA) is 84.6 Å². The quantitative estimate of drug-likeness (QED) is 0.671. The fourth-order valence-electron chi connectivity index (χ4n) is 2.46. The molecule has 0 spiro atoms. The Hall–Kier alpha value is -2.86. The number of pyridine rings is 1. The number of hydrogen-bond acceptors (Lipinski definition) is 6. The van der Waals surface area contributed by atoms with Gasteiger partial charge in [0.05, 0.1) is 0 Å². The number of aliphatic hydroxyl groups is 1. The van der Waals surface area contributed by atoms with Crippen LogP contribution in [-0.2, 0) is 0 Å². The van der Waals surface area contributed by atoms with Gasteiger partial charge in [-0.3, -0.25) is 0 Å². The smallest absolute Gasteiger partial charge is 0.339 e. The van der Waals surface area contributed by atoms with E-state index in [0.717, 1.165) is 10.9 Å². The van der Waals surface area contributed by atoms with Crippen LogP contribution in [0, 0.1) is 13.8 Å². The highest BCUT2D eigenvalue weighted by atomic mass is 16.5. The van der Waals surface area contributed by atoms with Gasteiger partial charge in [-0.1, -0.05) is 6.07 Å². The number of aliphatic hydroxyl groups excluding tert-OH is 1. The van der Waals surface area contributed by atoms with E-state index in [9.17, 15) is 9.90 Å². The first kappa shape index (κ1) is 17.0. The minimum absolute atomic E-state index is 0.112. The molecule has 6 heteroatoms. The Bertz CT molecular complexity index is 922. The lowest BCUT2D eigenvalue weighted by Crippen LogP contribution is -2.26. The van der Waals surface area contributed by atoms with Gasteiger partial charge in [-0.05, 0) is 43.7 Å². The van der Waals surface area contributed by atoms with E-state index >= 15 is 0 Å². The fourth-order valence-corrected chi connectivity index (χ4v) is 2.46. The Labute approximate surface area is 145 Å². The highest BCUT2D eigenvalue weighted by molar-refractivity contribution is 5.82. The second-order valence-electron chi connectivity index (χ2n) is 5.86. The molecule has 0 unspecified atom stereocenters. The van der Waals surface area contributed by atoms with E-state index in [2.05, 4.69) is 10.3 Å². The summed E-state index contributed by atoms with van der Waals surface area (Å²) >= 11 is 0. The van der Waals surface area contributed by atoms with Crippen LogP contribution < -0.4 is 15.7 Å². The number of anilines is 1. The Balaban J connectivity index is 1.63. The lowest BCUT2D eigenvalue weighted by Gasteiger charge is -2.14. The van der Waals surface area contributed by atoms with Gasteiger partial charge in [0.25, 0.3) is 0 Å². The standard InChI is InChI=1S/C19H20N2O4/c1-12-13(2)19(23)25-17-9-15(6-7-16(12)17)24-11-14(22)10-21-18-5-3-4-8-20-18/h3-9,14,22H,10-11H2,1-2H3,(H,20,21)/t14-/m1/s1. The van der Waals surface area contributed by atoms with Crippen molar-refractivity contribution in [3.63, 3.8) is 0 Å². The fraction of sp³-hybridized carbons (Fsp3) is 0.263. The van der Waals surface area contributed by atoms with E-state index in [4.69, 9.17) is 9.15 Å². The van der Waals surface area contributed by atoms with E-state index in [1.54, 1.807) is 25.3 Å². The van der Waals surface area contributed by atoms with Gasteiger partial charge in [-0.2, -0.15) is 0 Å². The van der Waals surface area contributed by atoms with Crippen LogP contribution >= 0.6 is 0 Å². The van der Waals surface area contributed by atoms with Gasteiger partial charge in [-0.25, -0.2) is 9.78 Å². The zero-order valence-corrected chi connectivity index (χ0v) is 14.2. The third-order valence-electron chi connectivity index (χ3n) is 4.05. The van der Waals surface area contributed by atoms with Crippen LogP contribution in [0.4, 0.5) is 5.82 Å². The largest absolute Gasteiger partial charge is 0.491 e. The van der Waals surface area contributed by atoms with Crippen molar-refractivity contribution in [3.05, 3.63) is 64.1 Å². The Morgan fingerprint density at radius 1 is 1.24 bits per heavy atom. The van der Waals surface area contributed by atoms with Crippen molar-refractivity contribution < 1.29 is 14.3 Å². The number of ether oxygens (including phenoxy) is 1. The lowest BCUT2D eigenvalue weighted by molar-refractivity contribution is 0.117. The number of nitrogens with one attached hydrogen (secondary N) is 1. The number of hydrogen-bond donors (Lipinski definition) is 2. The summed E-state index contributed by atoms with van der Waals surface area (Å²) in [7, 11) is 0. The molecular formula is C19H20N2O4. The summed E-state index contributed by atoms with van der Waals surface area (Å²) in [6.45, 7) is 4.07. The monoisotopic (exact) mass is 340 g/mol. The van der Waals surface area contributed by atoms with Crippen LogP contribution in [0.15, 0.2) is 51.8 Å². The van der Waals surface area contributed by atoms with Crippen molar-refractivity contribution in [1.29, 1.82) is 0 Å². The highest BCUT2D eigenvalue weighted by Gasteiger charge is 2.10. The van der Waals surface area contributed by atoms with Gasteiger partial charge in [0.2, 0.25) is 0 Å². The Morgan fingerprint density at radius 2 is 2.08 bits per heavy atom. The molecule has 2 N–H and O–H groups in total. The van der Waals surface area contributed by atoms with Crippen molar-refractivity contribution in [3.8, 4) is 5.75 Å². The first-order chi connectivity index (χ1) is 12.0. The number of benzene rings is 1. The Kier molecular flexibility index (Phi) is 5.00. The third kappa shape index (κ3) is 3.97. The molecule has 0 aliphatic carbocycles. The molecule has 2 aromatic heterocycles. The van der Waals surface area contributed by atoms with Crippen molar-refractivity contribution >= 4 is 16.8 Å². The molecule has 130 valence electrons. The zero-order valence-electron chi connectivity index (χ0n) is 14.2. The maximum Gasteiger partial charge on any atom is 0.339 e. The van der Waals surface area contributed by atoms with Crippen molar-refractivity contribution in [2.75, 3.05) is 18.5 Å². The van der Waals surface area contributed by atoms with Crippen molar-refractivity contribution in [2.24, 2.45) is 0 Å². The predicted molar refractivity (Wildman–Crippen MR) is 96.2 cm³/mol. The van der Waals surface area contributed by atoms with Crippen LogP contribution in [0.1, 0.15) is 11.1 Å². The van der Waals surface area contributed by atoms with E-state index in [1.807, 2.05) is 31.2 Å². The minimum atomic E-state index is -0.704. The molecule has 0 fully saturated rings. The molecule has 0 aliphatic rings. The van der Waals surface area contributed by atoms with E-state index in [1.165, 1.54) is 0 Å². The van der Waals surface area contributed by atoms with Gasteiger partial charge in [0.1, 0.15) is 29.9 Å². The predicted octanol–water partition coefficient (Wildman–Crippen LogP) is 2.66. The summed E-state index contributed by atoms with van der Waals surface area (Å²) in [6, 6.07) is 10.8. The first-order valence-electron chi connectivity index (χ1n) is 8.04. The van der Waals surface area contributed by atoms with Crippen LogP contribution in [0.3, 0.4) is 0 Å². The van der Waals surface area contributed by atoms with E-state index < -0.39 is 6.10 Å². The molecule has 0 saturated heterocycles. The van der Waals surface area contributed by atoms with E-state index in [-0.39, 0.29) is 12.2 Å². The summed E-state index contributed by atoms with van der Waals surface area (Å²) in [5.41, 5.74) is 1.64. The average molecular weight is 340 g/mol. The summed E-state index contributed by atoms with van der Waals surface area (Å²) in [4.78, 5) is 15.9. The molecule has 0 saturated carbocycles. The number of fused-ring (bicyclic) bond motifs is 1. The van der Waals surface area contributed by atoms with E-state index in [0.29, 0.717) is 29.3 Å². The molecule has 1 atom stereocenters. The third-order valence-corrected chi connectivity index (χ3v) is 4.05. The van der Waals surface area contributed by atoms with Gasteiger partial charge in [0, 0.05) is 29.8 Å². The molecule has 1 aromatic carbocycles. The van der Waals surface area contributed by atoms with Gasteiger partial charge >= 0.3 is 5.63 Å². The van der Waals surface area contributed by atoms with Gasteiger partial charge < -0.3 is 19.6 Å². The zero-order chi connectivity index (χ0) is 17.8. The molecule has 2 heterocycles. The molecule has 6 nitrogen and oxygen atoms in total. The summed E-state index contributed by atoms with van der Waals surface area (Å²) in [6.07, 6.45) is 0.974. The van der Waals surface area contributed by atoms with Gasteiger partial charge in [-0.15, -0.1) is 0 Å². The first-order valence-corrected chi connectivity index (χ1v) is 8.04. The molecule has 0 amide bonds. The number of aryl methyl sites for hydroxylation is 1. The second kappa shape index (κ2) is 7.36. The maximum absolute atomic E-state index is 11.8. The van der Waals surface area contributed by atoms with Gasteiger partial charge in [0.15, 0.2) is 0 Å². The molecule has 3 aromatic rings. The van der Waals surface area contributed by atoms with Crippen LogP contribution in [-0.4, -0.2) is 29.3 Å². The molecule has 0 radical (unpaired) electrons. The van der Waals surface area contributed by atoms with Crippen LogP contribution in [0.25, 0.3) is 11.0 Å². The van der Waals surface area contributed by atoms with Crippen molar-refractivity contribution in [2.45, 2.75) is 20.0 Å². The average Bonchev–Trinajstić information content (AvgIpc) is 2.63. The normalized spacial score (nSPS) is 12.1. The maximum atomic E-state index is 11.8. The minimum Gasteiger partial charge on any atom is -0.491 e. The number of nitrogens with zero attached hydrogens (tertiary/aromatic N) is 1. The summed E-state index contributed by atoms with van der Waals surface area (Å²) < 4.78 is 10.9. The molecule has 3 rings (SSSR count). The molecule has 25 heavy (non-hydrogen) atoms. The SMILES string of the molecule is Cc1c(C)c2ccc(OC[C@H](O)CNc3ccccn3)cc2oc1=O. The highest BCUT2D eigenvalue weighted by Crippen LogP contribution is 2.23. The van der Waals surface area contributed by atoms with Crippen molar-refractivity contribution in [1.82, 2.24) is 4.98 Å². The molecule has 0 bridgehead atoms. The van der Waals surface area contributed by atoms with Crippen LogP contribution in [0.2, 0.25) is 0 Å². The number of aromatic nitrogens is 1. The number of rotatable bonds is 6. The lowest BCUT2D eigenvalue weighted by atomic mass is 10.1. The van der Waals surface area contributed by atoms with Crippen LogP contribution in [0.5, 0.6) is 5.75 Å². The molecule has 0 aliphatic heterocycles. The second-order valence-corrected chi connectivity index (χ2v) is 5.86. The molecular weight excluding hydrogens is 320 g/mol. The Morgan fingerprint density at radius 3 is 2.84 bits per heavy atom. The summed E-state index contributed by atoms with van der Waals surface area (Å²) in [5, 5.41) is 13.9.